The van der Waals surface area contributed by atoms with Crippen LogP contribution in [-0.2, 0) is 0 Å². The van der Waals surface area contributed by atoms with Gasteiger partial charge in [0.1, 0.15) is 5.58 Å². The van der Waals surface area contributed by atoms with Crippen molar-refractivity contribution in [3.05, 3.63) is 35.0 Å². The van der Waals surface area contributed by atoms with Crippen molar-refractivity contribution in [2.75, 3.05) is 13.1 Å². The Labute approximate surface area is 111 Å². The van der Waals surface area contributed by atoms with Crippen LogP contribution in [0.25, 0.3) is 11.0 Å². The number of furan rings is 1. The highest BCUT2D eigenvalue weighted by atomic mass is 35.5. The molecule has 7 heteroatoms. The number of hydrogen-bond donors (Lipinski definition) is 1. The minimum absolute atomic E-state index is 0.00643. The van der Waals surface area contributed by atoms with Crippen LogP contribution >= 0.6 is 11.6 Å². The van der Waals surface area contributed by atoms with Crippen LogP contribution in [0, 0.1) is 0 Å². The van der Waals surface area contributed by atoms with Crippen molar-refractivity contribution >= 4 is 28.4 Å². The van der Waals surface area contributed by atoms with E-state index < -0.39 is 25.0 Å². The Morgan fingerprint density at radius 1 is 1.32 bits per heavy atom. The van der Waals surface area contributed by atoms with Crippen molar-refractivity contribution in [2.45, 2.75) is 6.18 Å². The molecule has 102 valence electrons. The van der Waals surface area contributed by atoms with Crippen LogP contribution in [0.5, 0.6) is 0 Å². The van der Waals surface area contributed by atoms with Gasteiger partial charge in [0.2, 0.25) is 5.78 Å². The molecule has 0 aliphatic carbocycles. The molecule has 0 aliphatic heterocycles. The van der Waals surface area contributed by atoms with Crippen molar-refractivity contribution in [3.63, 3.8) is 0 Å². The van der Waals surface area contributed by atoms with Gasteiger partial charge in [-0.25, -0.2) is 0 Å². The minimum atomic E-state index is -4.35. The number of benzene rings is 1. The number of ketones is 1. The molecule has 0 fully saturated rings. The molecule has 0 saturated heterocycles. The lowest BCUT2D eigenvalue weighted by molar-refractivity contribution is -0.124. The second kappa shape index (κ2) is 5.22. The number of carbonyl (C=O) groups is 1. The van der Waals surface area contributed by atoms with Gasteiger partial charge >= 0.3 is 6.18 Å². The molecule has 1 heterocycles. The zero-order chi connectivity index (χ0) is 14.0. The molecule has 2 rings (SSSR count). The fourth-order valence-electron chi connectivity index (χ4n) is 1.56. The van der Waals surface area contributed by atoms with Gasteiger partial charge in [0.25, 0.3) is 0 Å². The summed E-state index contributed by atoms with van der Waals surface area (Å²) in [7, 11) is 0. The molecule has 0 aliphatic rings. The third kappa shape index (κ3) is 3.71. The van der Waals surface area contributed by atoms with Gasteiger partial charge in [-0.15, -0.1) is 0 Å². The summed E-state index contributed by atoms with van der Waals surface area (Å²) in [5, 5.41) is 3.14. The number of carbonyl (C=O) groups excluding carboxylic acids is 1. The molecule has 0 saturated carbocycles. The summed E-state index contributed by atoms with van der Waals surface area (Å²) in [5.41, 5.74) is 0.462. The molecule has 1 aromatic carbocycles. The Kier molecular flexibility index (Phi) is 3.82. The number of rotatable bonds is 4. The van der Waals surface area contributed by atoms with Crippen LogP contribution in [0.1, 0.15) is 10.6 Å². The Bertz CT molecular complexity index is 607. The van der Waals surface area contributed by atoms with E-state index in [4.69, 9.17) is 16.0 Å². The molecule has 0 atom stereocenters. The van der Waals surface area contributed by atoms with E-state index in [0.29, 0.717) is 16.0 Å². The van der Waals surface area contributed by atoms with Gasteiger partial charge in [-0.1, -0.05) is 11.6 Å². The molecule has 0 unspecified atom stereocenters. The van der Waals surface area contributed by atoms with Crippen molar-refractivity contribution < 1.29 is 22.4 Å². The summed E-state index contributed by atoms with van der Waals surface area (Å²) >= 11 is 5.78. The van der Waals surface area contributed by atoms with Gasteiger partial charge in [0.05, 0.1) is 13.1 Å². The van der Waals surface area contributed by atoms with Gasteiger partial charge in [-0.2, -0.15) is 13.2 Å². The van der Waals surface area contributed by atoms with Gasteiger partial charge in [0, 0.05) is 10.4 Å². The first-order chi connectivity index (χ1) is 8.85. The van der Waals surface area contributed by atoms with E-state index in [1.165, 1.54) is 6.07 Å². The second-order valence-corrected chi connectivity index (χ2v) is 4.37. The predicted octanol–water partition coefficient (Wildman–Crippen LogP) is 3.42. The highest BCUT2D eigenvalue weighted by Gasteiger charge is 2.26. The van der Waals surface area contributed by atoms with E-state index >= 15 is 0 Å². The van der Waals surface area contributed by atoms with Crippen LogP contribution in [0.15, 0.2) is 28.7 Å². The lowest BCUT2D eigenvalue weighted by atomic mass is 10.2. The number of alkyl halides is 3. The van der Waals surface area contributed by atoms with Crippen molar-refractivity contribution in [1.29, 1.82) is 0 Å². The molecule has 0 bridgehead atoms. The predicted molar refractivity (Wildman–Crippen MR) is 64.5 cm³/mol. The quantitative estimate of drug-likeness (QED) is 0.878. The SMILES string of the molecule is O=C(CNCC(F)(F)F)c1cc2cc(Cl)ccc2o1. The summed E-state index contributed by atoms with van der Waals surface area (Å²) in [6.07, 6.45) is -4.35. The standard InChI is InChI=1S/C12H9ClF3NO2/c13-8-1-2-10-7(3-8)4-11(19-10)9(18)5-17-6-12(14,15)16/h1-4,17H,5-6H2. The van der Waals surface area contributed by atoms with Gasteiger partial charge in [0.15, 0.2) is 5.76 Å². The first-order valence-corrected chi connectivity index (χ1v) is 5.73. The average molecular weight is 292 g/mol. The second-order valence-electron chi connectivity index (χ2n) is 3.93. The zero-order valence-electron chi connectivity index (χ0n) is 9.55. The zero-order valence-corrected chi connectivity index (χ0v) is 10.3. The molecule has 1 aromatic heterocycles. The summed E-state index contributed by atoms with van der Waals surface area (Å²) in [6, 6.07) is 6.26. The van der Waals surface area contributed by atoms with Gasteiger partial charge in [-0.3, -0.25) is 4.79 Å². The van der Waals surface area contributed by atoms with Gasteiger partial charge < -0.3 is 9.73 Å². The molecule has 3 nitrogen and oxygen atoms in total. The van der Waals surface area contributed by atoms with Crippen LogP contribution in [-0.4, -0.2) is 25.0 Å². The summed E-state index contributed by atoms with van der Waals surface area (Å²) in [4.78, 5) is 11.6. The van der Waals surface area contributed by atoms with E-state index in [1.54, 1.807) is 18.2 Å². The third-order valence-corrected chi connectivity index (χ3v) is 2.60. The number of nitrogens with one attached hydrogen (secondary N) is 1. The third-order valence-electron chi connectivity index (χ3n) is 2.36. The Morgan fingerprint density at radius 2 is 2.05 bits per heavy atom. The summed E-state index contributed by atoms with van der Waals surface area (Å²) in [5.74, 6) is -0.538. The number of halogens is 4. The molecule has 0 spiro atoms. The van der Waals surface area contributed by atoms with Crippen molar-refractivity contribution in [2.24, 2.45) is 0 Å². The molecule has 0 radical (unpaired) electrons. The van der Waals surface area contributed by atoms with Crippen molar-refractivity contribution in [1.82, 2.24) is 5.32 Å². The molecule has 19 heavy (non-hydrogen) atoms. The maximum atomic E-state index is 11.9. The minimum Gasteiger partial charge on any atom is -0.453 e. The van der Waals surface area contributed by atoms with E-state index in [9.17, 15) is 18.0 Å². The van der Waals surface area contributed by atoms with Crippen LogP contribution < -0.4 is 5.32 Å². The first kappa shape index (κ1) is 13.9. The molecular formula is C12H9ClF3NO2. The molecule has 1 N–H and O–H groups in total. The fraction of sp³-hybridized carbons (Fsp3) is 0.250. The summed E-state index contributed by atoms with van der Waals surface area (Å²) < 4.78 is 41.0. The molecule has 0 amide bonds. The maximum absolute atomic E-state index is 11.9. The van der Waals surface area contributed by atoms with Crippen molar-refractivity contribution in [3.8, 4) is 0 Å². The van der Waals surface area contributed by atoms with E-state index in [0.717, 1.165) is 0 Å². The number of Topliss-reactive ketones (excluding diaryl/α,β-unsaturated/α-hetero) is 1. The topological polar surface area (TPSA) is 42.2 Å². The average Bonchev–Trinajstić information content (AvgIpc) is 2.70. The van der Waals surface area contributed by atoms with E-state index in [1.807, 2.05) is 5.32 Å². The van der Waals surface area contributed by atoms with Crippen LogP contribution in [0.2, 0.25) is 5.02 Å². The number of hydrogen-bond acceptors (Lipinski definition) is 3. The lowest BCUT2D eigenvalue weighted by Gasteiger charge is -2.06. The largest absolute Gasteiger partial charge is 0.453 e. The Morgan fingerprint density at radius 3 is 2.74 bits per heavy atom. The monoisotopic (exact) mass is 291 g/mol. The smallest absolute Gasteiger partial charge is 0.401 e. The molecule has 2 aromatic rings. The molecular weight excluding hydrogens is 283 g/mol. The highest BCUT2D eigenvalue weighted by Crippen LogP contribution is 2.23. The highest BCUT2D eigenvalue weighted by molar-refractivity contribution is 6.31. The van der Waals surface area contributed by atoms with Crippen LogP contribution in [0.4, 0.5) is 13.2 Å². The van der Waals surface area contributed by atoms with E-state index in [2.05, 4.69) is 0 Å². The maximum Gasteiger partial charge on any atom is 0.401 e. The summed E-state index contributed by atoms with van der Waals surface area (Å²) in [6.45, 7) is -1.65. The lowest BCUT2D eigenvalue weighted by Crippen LogP contribution is -2.32. The van der Waals surface area contributed by atoms with Gasteiger partial charge in [-0.05, 0) is 24.3 Å². The fourth-order valence-corrected chi connectivity index (χ4v) is 1.74. The Balaban J connectivity index is 2.05. The van der Waals surface area contributed by atoms with E-state index in [-0.39, 0.29) is 5.76 Å². The number of fused-ring (bicyclic) bond motifs is 1. The normalized spacial score (nSPS) is 12.0. The Hall–Kier alpha value is -1.53. The first-order valence-electron chi connectivity index (χ1n) is 5.35. The van der Waals surface area contributed by atoms with Crippen LogP contribution in [0.3, 0.4) is 0 Å².